The van der Waals surface area contributed by atoms with Crippen LogP contribution >= 0.6 is 0 Å². The molecule has 0 aromatic heterocycles. The van der Waals surface area contributed by atoms with Gasteiger partial charge < -0.3 is 9.64 Å². The van der Waals surface area contributed by atoms with E-state index >= 15 is 0 Å². The molecule has 0 amide bonds. The Kier molecular flexibility index (Phi) is 3.02. The minimum Gasteiger partial charge on any atom is -0.378 e. The third-order valence-electron chi connectivity index (χ3n) is 2.66. The van der Waals surface area contributed by atoms with Crippen LogP contribution in [-0.4, -0.2) is 32.6 Å². The average molecular weight is 205 g/mol. The first-order chi connectivity index (χ1) is 7.31. The molecule has 0 radical (unpaired) electrons. The zero-order chi connectivity index (χ0) is 10.7. The summed E-state index contributed by atoms with van der Waals surface area (Å²) >= 11 is 0. The summed E-state index contributed by atoms with van der Waals surface area (Å²) in [6.45, 7) is 5.21. The molecule has 0 N–H and O–H groups in total. The van der Waals surface area contributed by atoms with Gasteiger partial charge in [0.1, 0.15) is 0 Å². The summed E-state index contributed by atoms with van der Waals surface area (Å²) in [6.07, 6.45) is 0.928. The summed E-state index contributed by atoms with van der Waals surface area (Å²) in [5.74, 6) is 0. The molecule has 0 bridgehead atoms. The summed E-state index contributed by atoms with van der Waals surface area (Å²) in [5.41, 5.74) is 2.92. The van der Waals surface area contributed by atoms with Gasteiger partial charge >= 0.3 is 0 Å². The fourth-order valence-electron chi connectivity index (χ4n) is 1.86. The summed E-state index contributed by atoms with van der Waals surface area (Å²) in [6, 6.07) is 5.99. The second-order valence-corrected chi connectivity index (χ2v) is 3.78. The number of aldehydes is 1. The van der Waals surface area contributed by atoms with E-state index in [9.17, 15) is 4.79 Å². The predicted octanol–water partition coefficient (Wildman–Crippen LogP) is 1.64. The van der Waals surface area contributed by atoms with Gasteiger partial charge in [-0.2, -0.15) is 0 Å². The summed E-state index contributed by atoms with van der Waals surface area (Å²) in [7, 11) is 0. The molecule has 1 aliphatic rings. The van der Waals surface area contributed by atoms with Crippen LogP contribution in [0.15, 0.2) is 18.2 Å². The SMILES string of the molecule is Cc1ccc(N2CCOCC2)c(C=O)c1. The largest absolute Gasteiger partial charge is 0.378 e. The Hall–Kier alpha value is -1.35. The van der Waals surface area contributed by atoms with Crippen molar-refractivity contribution in [2.45, 2.75) is 6.92 Å². The first kappa shape index (κ1) is 10.2. The maximum atomic E-state index is 11.0. The minimum absolute atomic E-state index is 0.742. The van der Waals surface area contributed by atoms with E-state index in [1.807, 2.05) is 25.1 Å². The Morgan fingerprint density at radius 3 is 2.73 bits per heavy atom. The van der Waals surface area contributed by atoms with Gasteiger partial charge in [0.15, 0.2) is 6.29 Å². The Morgan fingerprint density at radius 1 is 1.33 bits per heavy atom. The first-order valence-electron chi connectivity index (χ1n) is 5.20. The van der Waals surface area contributed by atoms with Crippen LogP contribution in [0.1, 0.15) is 15.9 Å². The molecule has 0 unspecified atom stereocenters. The maximum Gasteiger partial charge on any atom is 0.152 e. The molecule has 0 spiro atoms. The van der Waals surface area contributed by atoms with Crippen molar-refractivity contribution in [1.29, 1.82) is 0 Å². The van der Waals surface area contributed by atoms with Crippen LogP contribution in [-0.2, 0) is 4.74 Å². The van der Waals surface area contributed by atoms with Crippen LogP contribution in [0, 0.1) is 6.92 Å². The molecule has 3 nitrogen and oxygen atoms in total. The summed E-state index contributed by atoms with van der Waals surface area (Å²) in [5, 5.41) is 0. The molecule has 0 atom stereocenters. The Labute approximate surface area is 89.7 Å². The number of anilines is 1. The molecule has 0 aliphatic carbocycles. The van der Waals surface area contributed by atoms with Gasteiger partial charge in [-0.3, -0.25) is 4.79 Å². The van der Waals surface area contributed by atoms with Gasteiger partial charge in [0.2, 0.25) is 0 Å². The van der Waals surface area contributed by atoms with Crippen LogP contribution in [0.4, 0.5) is 5.69 Å². The lowest BCUT2D eigenvalue weighted by Crippen LogP contribution is -2.36. The van der Waals surface area contributed by atoms with E-state index in [1.54, 1.807) is 0 Å². The maximum absolute atomic E-state index is 11.0. The van der Waals surface area contributed by atoms with Crippen molar-refractivity contribution in [2.24, 2.45) is 0 Å². The predicted molar refractivity (Wildman–Crippen MR) is 59.6 cm³/mol. The lowest BCUT2D eigenvalue weighted by atomic mass is 10.1. The number of nitrogens with zero attached hydrogens (tertiary/aromatic N) is 1. The van der Waals surface area contributed by atoms with E-state index < -0.39 is 0 Å². The molecule has 1 saturated heterocycles. The highest BCUT2D eigenvalue weighted by molar-refractivity contribution is 5.85. The lowest BCUT2D eigenvalue weighted by Gasteiger charge is -2.29. The van der Waals surface area contributed by atoms with Gasteiger partial charge in [0, 0.05) is 24.3 Å². The Balaban J connectivity index is 2.29. The van der Waals surface area contributed by atoms with Gasteiger partial charge in [-0.15, -0.1) is 0 Å². The number of hydrogen-bond donors (Lipinski definition) is 0. The molecule has 15 heavy (non-hydrogen) atoms. The zero-order valence-electron chi connectivity index (χ0n) is 8.90. The molecular formula is C12H15NO2. The molecule has 1 aliphatic heterocycles. The van der Waals surface area contributed by atoms with Crippen LogP contribution in [0.25, 0.3) is 0 Å². The van der Waals surface area contributed by atoms with Gasteiger partial charge in [-0.05, 0) is 19.1 Å². The molecule has 1 aromatic carbocycles. The molecule has 80 valence electrons. The van der Waals surface area contributed by atoms with Gasteiger partial charge in [-0.25, -0.2) is 0 Å². The quantitative estimate of drug-likeness (QED) is 0.687. The molecule has 1 fully saturated rings. The van der Waals surface area contributed by atoms with Crippen molar-refractivity contribution in [2.75, 3.05) is 31.2 Å². The lowest BCUT2D eigenvalue weighted by molar-refractivity contribution is 0.111. The monoisotopic (exact) mass is 205 g/mol. The van der Waals surface area contributed by atoms with Crippen molar-refractivity contribution < 1.29 is 9.53 Å². The summed E-state index contributed by atoms with van der Waals surface area (Å²) < 4.78 is 5.29. The highest BCUT2D eigenvalue weighted by Crippen LogP contribution is 2.21. The molecule has 2 rings (SSSR count). The number of rotatable bonds is 2. The van der Waals surface area contributed by atoms with Crippen molar-refractivity contribution in [1.82, 2.24) is 0 Å². The highest BCUT2D eigenvalue weighted by atomic mass is 16.5. The highest BCUT2D eigenvalue weighted by Gasteiger charge is 2.14. The number of carbonyl (C=O) groups is 1. The standard InChI is InChI=1S/C12H15NO2/c1-10-2-3-12(11(8-10)9-14)13-4-6-15-7-5-13/h2-3,8-9H,4-7H2,1H3. The normalized spacial score (nSPS) is 16.5. The average Bonchev–Trinajstić information content (AvgIpc) is 2.30. The number of benzene rings is 1. The first-order valence-corrected chi connectivity index (χ1v) is 5.20. The summed E-state index contributed by atoms with van der Waals surface area (Å²) in [4.78, 5) is 13.2. The van der Waals surface area contributed by atoms with Gasteiger partial charge in [0.25, 0.3) is 0 Å². The number of carbonyl (C=O) groups excluding carboxylic acids is 1. The molecule has 1 aromatic rings. The Bertz CT molecular complexity index is 357. The van der Waals surface area contributed by atoms with Gasteiger partial charge in [0.05, 0.1) is 13.2 Å². The molecule has 0 saturated carbocycles. The van der Waals surface area contributed by atoms with Crippen molar-refractivity contribution in [3.63, 3.8) is 0 Å². The molecule has 3 heteroatoms. The van der Waals surface area contributed by atoms with E-state index in [2.05, 4.69) is 4.90 Å². The van der Waals surface area contributed by atoms with Crippen LogP contribution in [0.2, 0.25) is 0 Å². The second kappa shape index (κ2) is 4.45. The minimum atomic E-state index is 0.742. The van der Waals surface area contributed by atoms with E-state index in [0.717, 1.165) is 49.4 Å². The molecular weight excluding hydrogens is 190 g/mol. The van der Waals surface area contributed by atoms with Crippen LogP contribution < -0.4 is 4.90 Å². The third-order valence-corrected chi connectivity index (χ3v) is 2.66. The van der Waals surface area contributed by atoms with E-state index in [4.69, 9.17) is 4.74 Å². The second-order valence-electron chi connectivity index (χ2n) is 3.78. The van der Waals surface area contributed by atoms with Crippen LogP contribution in [0.3, 0.4) is 0 Å². The van der Waals surface area contributed by atoms with Crippen molar-refractivity contribution in [3.8, 4) is 0 Å². The zero-order valence-corrected chi connectivity index (χ0v) is 8.90. The van der Waals surface area contributed by atoms with Crippen LogP contribution in [0.5, 0.6) is 0 Å². The van der Waals surface area contributed by atoms with Gasteiger partial charge in [-0.1, -0.05) is 11.6 Å². The Morgan fingerprint density at radius 2 is 2.07 bits per heavy atom. The van der Waals surface area contributed by atoms with E-state index in [-0.39, 0.29) is 0 Å². The van der Waals surface area contributed by atoms with Crippen molar-refractivity contribution in [3.05, 3.63) is 29.3 Å². The topological polar surface area (TPSA) is 29.5 Å². The fourth-order valence-corrected chi connectivity index (χ4v) is 1.86. The molecule has 1 heterocycles. The van der Waals surface area contributed by atoms with Crippen molar-refractivity contribution >= 4 is 12.0 Å². The number of aryl methyl sites for hydroxylation is 1. The van der Waals surface area contributed by atoms with E-state index in [1.165, 1.54) is 0 Å². The number of hydrogen-bond acceptors (Lipinski definition) is 3. The van der Waals surface area contributed by atoms with E-state index in [0.29, 0.717) is 0 Å². The number of ether oxygens (including phenoxy) is 1. The fraction of sp³-hybridized carbons (Fsp3) is 0.417. The smallest absolute Gasteiger partial charge is 0.152 e. The number of morpholine rings is 1. The third kappa shape index (κ3) is 2.18.